The fraction of sp³-hybridized carbons (Fsp3) is 0.167. The Morgan fingerprint density at radius 1 is 1.07 bits per heavy atom. The zero-order valence-electron chi connectivity index (χ0n) is 8.44. The van der Waals surface area contributed by atoms with Gasteiger partial charge in [-0.3, -0.25) is 11.3 Å². The molecule has 0 amide bonds. The Morgan fingerprint density at radius 3 is 2.73 bits per heavy atom. The normalized spacial score (nSPS) is 10.5. The number of ether oxygens (including phenoxy) is 1. The summed E-state index contributed by atoms with van der Waals surface area (Å²) in [5.41, 5.74) is 2.56. The molecule has 0 aliphatic heterocycles. The first-order chi connectivity index (χ1) is 7.42. The van der Waals surface area contributed by atoms with E-state index in [0.717, 1.165) is 11.1 Å². The maximum absolute atomic E-state index is 5.62. The third-order valence-electron chi connectivity index (χ3n) is 2.25. The minimum Gasteiger partial charge on any atom is -0.492 e. The van der Waals surface area contributed by atoms with E-state index in [1.165, 1.54) is 5.39 Å². The number of nitrogens with one attached hydrogen (secondary N) is 1. The molecule has 0 spiro atoms. The summed E-state index contributed by atoms with van der Waals surface area (Å²) in [6, 6.07) is 14.2. The molecule has 0 unspecified atom stereocenters. The molecule has 2 aromatic rings. The van der Waals surface area contributed by atoms with Crippen LogP contribution < -0.4 is 16.0 Å². The standard InChI is InChI=1S/C12H14N2O/c13-14-8-9-15-12-7-3-5-10-4-1-2-6-11(10)12/h1-7,14H,8-9,13H2. The molecule has 3 heteroatoms. The van der Waals surface area contributed by atoms with Crippen LogP contribution in [0.4, 0.5) is 0 Å². The first-order valence-corrected chi connectivity index (χ1v) is 4.96. The molecular formula is C12H14N2O. The Bertz CT molecular complexity index is 437. The molecule has 0 radical (unpaired) electrons. The number of hydrazine groups is 1. The van der Waals surface area contributed by atoms with E-state index in [-0.39, 0.29) is 0 Å². The molecule has 3 nitrogen and oxygen atoms in total. The molecule has 0 bridgehead atoms. The van der Waals surface area contributed by atoms with Crippen LogP contribution in [0.1, 0.15) is 0 Å². The lowest BCUT2D eigenvalue weighted by Gasteiger charge is -2.08. The average Bonchev–Trinajstić information content (AvgIpc) is 2.30. The van der Waals surface area contributed by atoms with E-state index in [9.17, 15) is 0 Å². The van der Waals surface area contributed by atoms with E-state index in [1.54, 1.807) is 0 Å². The van der Waals surface area contributed by atoms with Crippen LogP contribution in [0.3, 0.4) is 0 Å². The number of benzene rings is 2. The molecule has 0 heterocycles. The number of fused-ring (bicyclic) bond motifs is 1. The summed E-state index contributed by atoms with van der Waals surface area (Å²) in [5.74, 6) is 6.08. The van der Waals surface area contributed by atoms with Crippen molar-refractivity contribution in [3.05, 3.63) is 42.5 Å². The number of rotatable bonds is 4. The molecule has 2 aromatic carbocycles. The molecule has 0 saturated heterocycles. The fourth-order valence-corrected chi connectivity index (χ4v) is 1.54. The Kier molecular flexibility index (Phi) is 3.17. The molecule has 0 fully saturated rings. The second kappa shape index (κ2) is 4.77. The zero-order valence-corrected chi connectivity index (χ0v) is 8.44. The molecule has 78 valence electrons. The van der Waals surface area contributed by atoms with Crippen LogP contribution in [0.5, 0.6) is 5.75 Å². The Hall–Kier alpha value is -1.58. The first-order valence-electron chi connectivity index (χ1n) is 4.96. The molecule has 15 heavy (non-hydrogen) atoms. The van der Waals surface area contributed by atoms with E-state index in [1.807, 2.05) is 24.3 Å². The van der Waals surface area contributed by atoms with Gasteiger partial charge < -0.3 is 4.74 Å². The molecule has 0 aliphatic carbocycles. The maximum atomic E-state index is 5.62. The minimum absolute atomic E-state index is 0.574. The van der Waals surface area contributed by atoms with Crippen LogP contribution in [0, 0.1) is 0 Å². The van der Waals surface area contributed by atoms with Crippen molar-refractivity contribution in [3.8, 4) is 5.75 Å². The molecular weight excluding hydrogens is 188 g/mol. The van der Waals surface area contributed by atoms with Crippen molar-refractivity contribution in [1.82, 2.24) is 5.43 Å². The second-order valence-corrected chi connectivity index (χ2v) is 3.28. The lowest BCUT2D eigenvalue weighted by molar-refractivity contribution is 0.319. The second-order valence-electron chi connectivity index (χ2n) is 3.28. The third-order valence-corrected chi connectivity index (χ3v) is 2.25. The van der Waals surface area contributed by atoms with Crippen molar-refractivity contribution in [2.75, 3.05) is 13.2 Å². The topological polar surface area (TPSA) is 47.3 Å². The predicted octanol–water partition coefficient (Wildman–Crippen LogP) is 1.68. The van der Waals surface area contributed by atoms with E-state index in [0.29, 0.717) is 13.2 Å². The van der Waals surface area contributed by atoms with Crippen LogP contribution in [0.15, 0.2) is 42.5 Å². The summed E-state index contributed by atoms with van der Waals surface area (Å²) < 4.78 is 5.62. The van der Waals surface area contributed by atoms with Crippen LogP contribution >= 0.6 is 0 Å². The van der Waals surface area contributed by atoms with Gasteiger partial charge in [0.05, 0.1) is 0 Å². The highest BCUT2D eigenvalue weighted by Crippen LogP contribution is 2.24. The molecule has 2 rings (SSSR count). The van der Waals surface area contributed by atoms with Gasteiger partial charge in [0.1, 0.15) is 12.4 Å². The van der Waals surface area contributed by atoms with Gasteiger partial charge in [-0.15, -0.1) is 0 Å². The average molecular weight is 202 g/mol. The van der Waals surface area contributed by atoms with Gasteiger partial charge in [0.15, 0.2) is 0 Å². The summed E-state index contributed by atoms with van der Waals surface area (Å²) in [6.07, 6.45) is 0. The van der Waals surface area contributed by atoms with Crippen LogP contribution in [-0.2, 0) is 0 Å². The number of nitrogens with two attached hydrogens (primary N) is 1. The van der Waals surface area contributed by atoms with Gasteiger partial charge in [-0.25, -0.2) is 0 Å². The van der Waals surface area contributed by atoms with E-state index < -0.39 is 0 Å². The van der Waals surface area contributed by atoms with Crippen LogP contribution in [0.25, 0.3) is 10.8 Å². The van der Waals surface area contributed by atoms with Gasteiger partial charge in [-0.05, 0) is 11.5 Å². The van der Waals surface area contributed by atoms with Crippen molar-refractivity contribution < 1.29 is 4.74 Å². The molecule has 0 saturated carbocycles. The molecule has 3 N–H and O–H groups in total. The molecule has 0 atom stereocenters. The quantitative estimate of drug-likeness (QED) is 0.450. The van der Waals surface area contributed by atoms with Crippen LogP contribution in [-0.4, -0.2) is 13.2 Å². The fourth-order valence-electron chi connectivity index (χ4n) is 1.54. The number of hydrogen-bond acceptors (Lipinski definition) is 3. The Morgan fingerprint density at radius 2 is 1.87 bits per heavy atom. The highest BCUT2D eigenvalue weighted by molar-refractivity contribution is 5.88. The van der Waals surface area contributed by atoms with Crippen molar-refractivity contribution in [2.24, 2.45) is 5.84 Å². The number of hydrogen-bond donors (Lipinski definition) is 2. The van der Waals surface area contributed by atoms with E-state index in [4.69, 9.17) is 10.6 Å². The van der Waals surface area contributed by atoms with Gasteiger partial charge in [0, 0.05) is 11.9 Å². The highest BCUT2D eigenvalue weighted by atomic mass is 16.5. The summed E-state index contributed by atoms with van der Waals surface area (Å²) in [7, 11) is 0. The van der Waals surface area contributed by atoms with Crippen molar-refractivity contribution >= 4 is 10.8 Å². The van der Waals surface area contributed by atoms with E-state index in [2.05, 4.69) is 23.6 Å². The van der Waals surface area contributed by atoms with Crippen molar-refractivity contribution in [3.63, 3.8) is 0 Å². The van der Waals surface area contributed by atoms with Gasteiger partial charge in [0.25, 0.3) is 0 Å². The predicted molar refractivity (Wildman–Crippen MR) is 61.6 cm³/mol. The Labute approximate surface area is 88.8 Å². The summed E-state index contributed by atoms with van der Waals surface area (Å²) in [6.45, 7) is 1.22. The van der Waals surface area contributed by atoms with Crippen molar-refractivity contribution in [2.45, 2.75) is 0 Å². The lowest BCUT2D eigenvalue weighted by atomic mass is 10.1. The summed E-state index contributed by atoms with van der Waals surface area (Å²) in [5, 5.41) is 2.33. The largest absolute Gasteiger partial charge is 0.492 e. The minimum atomic E-state index is 0.574. The SMILES string of the molecule is NNCCOc1cccc2ccccc12. The smallest absolute Gasteiger partial charge is 0.127 e. The Balaban J connectivity index is 2.26. The molecule has 0 aliphatic rings. The maximum Gasteiger partial charge on any atom is 0.127 e. The monoisotopic (exact) mass is 202 g/mol. The highest BCUT2D eigenvalue weighted by Gasteiger charge is 1.99. The summed E-state index contributed by atoms with van der Waals surface area (Å²) >= 11 is 0. The summed E-state index contributed by atoms with van der Waals surface area (Å²) in [4.78, 5) is 0. The van der Waals surface area contributed by atoms with Gasteiger partial charge >= 0.3 is 0 Å². The van der Waals surface area contributed by atoms with Gasteiger partial charge in [0.2, 0.25) is 0 Å². The van der Waals surface area contributed by atoms with Crippen molar-refractivity contribution in [1.29, 1.82) is 0 Å². The van der Waals surface area contributed by atoms with Crippen LogP contribution in [0.2, 0.25) is 0 Å². The van der Waals surface area contributed by atoms with Gasteiger partial charge in [-0.1, -0.05) is 36.4 Å². The first kappa shape index (κ1) is 9.96. The third kappa shape index (κ3) is 2.26. The lowest BCUT2D eigenvalue weighted by Crippen LogP contribution is -2.27. The molecule has 0 aromatic heterocycles. The zero-order chi connectivity index (χ0) is 10.5. The van der Waals surface area contributed by atoms with E-state index >= 15 is 0 Å². The van der Waals surface area contributed by atoms with Gasteiger partial charge in [-0.2, -0.15) is 0 Å².